The molecule has 0 aromatic heterocycles. The monoisotopic (exact) mass is 303 g/mol. The number of Topliss-reactive ketones (excluding diaryl/α,β-unsaturated/α-hetero) is 1. The van der Waals surface area contributed by atoms with Crippen molar-refractivity contribution >= 4 is 5.78 Å². The molecule has 0 aliphatic heterocycles. The smallest absolute Gasteiger partial charge is 0.293 e. The predicted molar refractivity (Wildman–Crippen MR) is 75.3 cm³/mol. The van der Waals surface area contributed by atoms with Gasteiger partial charge in [0.05, 0.1) is 24.0 Å². The second kappa shape index (κ2) is 6.44. The topological polar surface area (TPSA) is 40.9 Å². The van der Waals surface area contributed by atoms with Crippen molar-refractivity contribution in [3.63, 3.8) is 0 Å². The lowest BCUT2D eigenvalue weighted by Crippen LogP contribution is -2.21. The summed E-state index contributed by atoms with van der Waals surface area (Å²) in [6.45, 7) is 0. The van der Waals surface area contributed by atoms with E-state index in [0.29, 0.717) is 11.1 Å². The average molecular weight is 303 g/mol. The first-order valence-corrected chi connectivity index (χ1v) is 6.57. The molecule has 1 unspecified atom stereocenters. The number of nitrogens with zero attached hydrogens (tertiary/aromatic N) is 1. The Kier molecular flexibility index (Phi) is 4.62. The van der Waals surface area contributed by atoms with E-state index in [0.717, 1.165) is 0 Å². The number of carbonyl (C=O) groups is 1. The van der Waals surface area contributed by atoms with Gasteiger partial charge in [-0.1, -0.05) is 42.5 Å². The van der Waals surface area contributed by atoms with Gasteiger partial charge < -0.3 is 0 Å². The fraction of sp³-hybridized carbons (Fsp3) is 0.176. The van der Waals surface area contributed by atoms with Crippen molar-refractivity contribution in [2.75, 3.05) is 0 Å². The number of hydrogen-bond donors (Lipinski definition) is 0. The first kappa shape index (κ1) is 15.8. The number of rotatable bonds is 4. The van der Waals surface area contributed by atoms with Crippen molar-refractivity contribution < 1.29 is 18.0 Å². The Morgan fingerprint density at radius 1 is 1.05 bits per heavy atom. The molecule has 112 valence electrons. The highest BCUT2D eigenvalue weighted by atomic mass is 19.4. The zero-order valence-electron chi connectivity index (χ0n) is 11.5. The Morgan fingerprint density at radius 2 is 1.64 bits per heavy atom. The van der Waals surface area contributed by atoms with Crippen molar-refractivity contribution in [2.24, 2.45) is 0 Å². The lowest BCUT2D eigenvalue weighted by molar-refractivity contribution is -0.136. The third-order valence-electron chi connectivity index (χ3n) is 3.25. The summed E-state index contributed by atoms with van der Waals surface area (Å²) < 4.78 is 38.4. The summed E-state index contributed by atoms with van der Waals surface area (Å²) in [6, 6.07) is 15.4. The molecule has 5 heteroatoms. The van der Waals surface area contributed by atoms with E-state index in [1.807, 2.05) is 6.07 Å². The normalized spacial score (nSPS) is 12.5. The van der Waals surface area contributed by atoms with Crippen LogP contribution in [0.2, 0.25) is 0 Å². The SMILES string of the molecule is N#Cc1ccc(C(=O)C(CC(F)(F)F)c2ccccc2)cc1. The molecule has 0 spiro atoms. The molecule has 2 nitrogen and oxygen atoms in total. The maximum Gasteiger partial charge on any atom is 0.390 e. The molecule has 0 aliphatic rings. The van der Waals surface area contributed by atoms with Crippen molar-refractivity contribution in [1.82, 2.24) is 0 Å². The second-order valence-electron chi connectivity index (χ2n) is 4.84. The quantitative estimate of drug-likeness (QED) is 0.781. The summed E-state index contributed by atoms with van der Waals surface area (Å²) in [5.41, 5.74) is 0.843. The molecule has 2 aromatic rings. The molecule has 0 heterocycles. The van der Waals surface area contributed by atoms with Gasteiger partial charge in [0.1, 0.15) is 0 Å². The first-order valence-electron chi connectivity index (χ1n) is 6.57. The fourth-order valence-corrected chi connectivity index (χ4v) is 2.19. The van der Waals surface area contributed by atoms with Crippen LogP contribution in [0.25, 0.3) is 0 Å². The molecule has 0 aliphatic carbocycles. The van der Waals surface area contributed by atoms with Gasteiger partial charge in [0.2, 0.25) is 0 Å². The highest BCUT2D eigenvalue weighted by Crippen LogP contribution is 2.33. The highest BCUT2D eigenvalue weighted by Gasteiger charge is 2.36. The second-order valence-corrected chi connectivity index (χ2v) is 4.84. The van der Waals surface area contributed by atoms with Crippen LogP contribution in [0.15, 0.2) is 54.6 Å². The number of benzene rings is 2. The lowest BCUT2D eigenvalue weighted by Gasteiger charge is -2.18. The van der Waals surface area contributed by atoms with E-state index in [2.05, 4.69) is 0 Å². The number of halogens is 3. The van der Waals surface area contributed by atoms with Gasteiger partial charge in [0.25, 0.3) is 0 Å². The van der Waals surface area contributed by atoms with Gasteiger partial charge in [0, 0.05) is 5.56 Å². The van der Waals surface area contributed by atoms with Crippen molar-refractivity contribution in [2.45, 2.75) is 18.5 Å². The van der Waals surface area contributed by atoms with E-state index >= 15 is 0 Å². The Balaban J connectivity index is 2.35. The van der Waals surface area contributed by atoms with Gasteiger partial charge in [0.15, 0.2) is 5.78 Å². The Hall–Kier alpha value is -2.61. The Bertz CT molecular complexity index is 685. The molecule has 0 radical (unpaired) electrons. The van der Waals surface area contributed by atoms with Gasteiger partial charge in [-0.2, -0.15) is 18.4 Å². The van der Waals surface area contributed by atoms with Gasteiger partial charge in [-0.15, -0.1) is 0 Å². The summed E-state index contributed by atoms with van der Waals surface area (Å²) in [7, 11) is 0. The third-order valence-corrected chi connectivity index (χ3v) is 3.25. The number of nitriles is 1. The molecule has 0 saturated heterocycles. The van der Waals surface area contributed by atoms with Crippen LogP contribution in [0.3, 0.4) is 0 Å². The van der Waals surface area contributed by atoms with Crippen molar-refractivity contribution in [3.05, 3.63) is 71.3 Å². The van der Waals surface area contributed by atoms with Crippen LogP contribution in [-0.4, -0.2) is 12.0 Å². The molecule has 2 rings (SSSR count). The van der Waals surface area contributed by atoms with Gasteiger partial charge in [-0.05, 0) is 17.7 Å². The summed E-state index contributed by atoms with van der Waals surface area (Å²) >= 11 is 0. The molecular formula is C17H12F3NO. The molecule has 0 N–H and O–H groups in total. The minimum absolute atomic E-state index is 0.164. The largest absolute Gasteiger partial charge is 0.390 e. The van der Waals surface area contributed by atoms with E-state index in [1.165, 1.54) is 36.4 Å². The molecule has 2 aromatic carbocycles. The number of ketones is 1. The molecule has 22 heavy (non-hydrogen) atoms. The van der Waals surface area contributed by atoms with Gasteiger partial charge in [-0.3, -0.25) is 4.79 Å². The van der Waals surface area contributed by atoms with E-state index in [-0.39, 0.29) is 5.56 Å². The predicted octanol–water partition coefficient (Wildman–Crippen LogP) is 4.48. The molecule has 0 bridgehead atoms. The summed E-state index contributed by atoms with van der Waals surface area (Å²) in [4.78, 5) is 12.4. The van der Waals surface area contributed by atoms with Crippen LogP contribution < -0.4 is 0 Å². The number of carbonyl (C=O) groups excluding carboxylic acids is 1. The maximum atomic E-state index is 12.8. The molecule has 0 amide bonds. The van der Waals surface area contributed by atoms with Crippen LogP contribution in [0.4, 0.5) is 13.2 Å². The zero-order valence-corrected chi connectivity index (χ0v) is 11.5. The van der Waals surface area contributed by atoms with Gasteiger partial charge >= 0.3 is 6.18 Å². The molecule has 1 atom stereocenters. The van der Waals surface area contributed by atoms with Crippen LogP contribution in [0.5, 0.6) is 0 Å². The lowest BCUT2D eigenvalue weighted by atomic mass is 9.87. The average Bonchev–Trinajstić information content (AvgIpc) is 2.52. The van der Waals surface area contributed by atoms with E-state index in [1.54, 1.807) is 18.2 Å². The van der Waals surface area contributed by atoms with Crippen molar-refractivity contribution in [3.8, 4) is 6.07 Å². The Morgan fingerprint density at radius 3 is 2.14 bits per heavy atom. The standard InChI is InChI=1S/C17H12F3NO/c18-17(19,20)10-15(13-4-2-1-3-5-13)16(22)14-8-6-12(11-21)7-9-14/h1-9,15H,10H2. The summed E-state index contributed by atoms with van der Waals surface area (Å²) in [5, 5.41) is 8.72. The maximum absolute atomic E-state index is 12.8. The molecule has 0 fully saturated rings. The Labute approximate surface area is 125 Å². The van der Waals surface area contributed by atoms with Crippen LogP contribution in [0.1, 0.15) is 33.8 Å². The molecule has 0 saturated carbocycles. The van der Waals surface area contributed by atoms with Crippen LogP contribution in [-0.2, 0) is 0 Å². The summed E-state index contributed by atoms with van der Waals surface area (Å²) in [5.74, 6) is -1.89. The van der Waals surface area contributed by atoms with Crippen molar-refractivity contribution in [1.29, 1.82) is 5.26 Å². The van der Waals surface area contributed by atoms with E-state index < -0.39 is 24.3 Å². The van der Waals surface area contributed by atoms with Gasteiger partial charge in [-0.25, -0.2) is 0 Å². The van der Waals surface area contributed by atoms with Crippen LogP contribution in [0, 0.1) is 11.3 Å². The fourth-order valence-electron chi connectivity index (χ4n) is 2.19. The summed E-state index contributed by atoms with van der Waals surface area (Å²) in [6.07, 6.45) is -5.65. The van der Waals surface area contributed by atoms with Crippen LogP contribution >= 0.6 is 0 Å². The number of alkyl halides is 3. The minimum Gasteiger partial charge on any atom is -0.293 e. The zero-order chi connectivity index (χ0) is 16.2. The third kappa shape index (κ3) is 3.95. The first-order chi connectivity index (χ1) is 10.4. The number of hydrogen-bond acceptors (Lipinski definition) is 2. The minimum atomic E-state index is -4.44. The van der Waals surface area contributed by atoms with E-state index in [4.69, 9.17) is 5.26 Å². The molecular weight excluding hydrogens is 291 g/mol. The van der Waals surface area contributed by atoms with E-state index in [9.17, 15) is 18.0 Å². The highest BCUT2D eigenvalue weighted by molar-refractivity contribution is 6.01.